The summed E-state index contributed by atoms with van der Waals surface area (Å²) in [6.45, 7) is 3.89. The summed E-state index contributed by atoms with van der Waals surface area (Å²) in [6.07, 6.45) is 0. The number of esters is 1. The lowest BCUT2D eigenvalue weighted by molar-refractivity contribution is -0.147. The largest absolute Gasteiger partial charge is 0.463 e. The number of carbonyl (C=O) groups excluding carboxylic acids is 1. The van der Waals surface area contributed by atoms with E-state index in [2.05, 4.69) is 0 Å². The molecule has 1 rings (SSSR count). The predicted molar refractivity (Wildman–Crippen MR) is 58.1 cm³/mol. The fourth-order valence-corrected chi connectivity index (χ4v) is 1.21. The first-order valence-electron chi connectivity index (χ1n) is 4.68. The van der Waals surface area contributed by atoms with Crippen LogP contribution >= 0.6 is 11.6 Å². The molecule has 1 aromatic carbocycles. The Balaban J connectivity index is 2.62. The Hall–Kier alpha value is -1.22. The third-order valence-electron chi connectivity index (χ3n) is 1.80. The second-order valence-corrected chi connectivity index (χ2v) is 3.35. The minimum Gasteiger partial charge on any atom is -0.463 e. The molecule has 0 aliphatic rings. The first-order chi connectivity index (χ1) is 7.15. The number of alkyl halides is 1. The first-order valence-corrected chi connectivity index (χ1v) is 5.11. The maximum Gasteiger partial charge on any atom is 0.363 e. The minimum atomic E-state index is -1.09. The van der Waals surface area contributed by atoms with E-state index in [1.54, 1.807) is 13.0 Å². The van der Waals surface area contributed by atoms with E-state index in [0.29, 0.717) is 12.4 Å². The molecule has 0 aliphatic carbocycles. The van der Waals surface area contributed by atoms with Crippen molar-refractivity contribution in [3.8, 4) is 5.75 Å². The molecule has 1 aromatic rings. The zero-order chi connectivity index (χ0) is 11.3. The summed E-state index contributed by atoms with van der Waals surface area (Å²) in [4.78, 5) is 11.2. The molecule has 1 unspecified atom stereocenters. The summed E-state index contributed by atoms with van der Waals surface area (Å²) in [7, 11) is 0. The van der Waals surface area contributed by atoms with Gasteiger partial charge in [-0.3, -0.25) is 0 Å². The third kappa shape index (κ3) is 3.44. The molecule has 0 saturated carbocycles. The lowest BCUT2D eigenvalue weighted by atomic mass is 10.2. The van der Waals surface area contributed by atoms with Gasteiger partial charge in [0.1, 0.15) is 5.75 Å². The highest BCUT2D eigenvalue weighted by Crippen LogP contribution is 2.19. The number of para-hydroxylation sites is 1. The first kappa shape index (κ1) is 11.9. The molecule has 4 heteroatoms. The van der Waals surface area contributed by atoms with Crippen molar-refractivity contribution in [1.29, 1.82) is 0 Å². The third-order valence-corrected chi connectivity index (χ3v) is 2.06. The molecule has 0 saturated heterocycles. The van der Waals surface area contributed by atoms with Crippen molar-refractivity contribution in [2.24, 2.45) is 0 Å². The monoisotopic (exact) mass is 228 g/mol. The quantitative estimate of drug-likeness (QED) is 0.587. The van der Waals surface area contributed by atoms with Crippen molar-refractivity contribution >= 4 is 17.6 Å². The molecule has 0 aliphatic heterocycles. The molecule has 1 atom stereocenters. The second kappa shape index (κ2) is 5.61. The normalized spacial score (nSPS) is 11.9. The standard InChI is InChI=1S/C11H13ClO3/c1-3-14-11(13)10(12)15-9-7-5-4-6-8(9)2/h4-7,10H,3H2,1-2H3. The van der Waals surface area contributed by atoms with Crippen molar-refractivity contribution in [2.75, 3.05) is 6.61 Å². The van der Waals surface area contributed by atoms with Gasteiger partial charge in [-0.2, -0.15) is 0 Å². The van der Waals surface area contributed by atoms with E-state index in [0.717, 1.165) is 5.56 Å². The Morgan fingerprint density at radius 3 is 2.73 bits per heavy atom. The van der Waals surface area contributed by atoms with Crippen molar-refractivity contribution in [1.82, 2.24) is 0 Å². The van der Waals surface area contributed by atoms with Gasteiger partial charge in [-0.05, 0) is 25.5 Å². The van der Waals surface area contributed by atoms with E-state index in [1.165, 1.54) is 0 Å². The summed E-state index contributed by atoms with van der Waals surface area (Å²) in [5.74, 6) is 0.0213. The van der Waals surface area contributed by atoms with Crippen molar-refractivity contribution in [3.05, 3.63) is 29.8 Å². The van der Waals surface area contributed by atoms with E-state index in [1.807, 2.05) is 25.1 Å². The van der Waals surface area contributed by atoms with E-state index < -0.39 is 11.5 Å². The predicted octanol–water partition coefficient (Wildman–Crippen LogP) is 2.50. The van der Waals surface area contributed by atoms with Gasteiger partial charge < -0.3 is 9.47 Å². The van der Waals surface area contributed by atoms with Crippen LogP contribution in [-0.2, 0) is 9.53 Å². The van der Waals surface area contributed by atoms with Crippen LogP contribution in [0.25, 0.3) is 0 Å². The topological polar surface area (TPSA) is 35.5 Å². The molecule has 0 fully saturated rings. The van der Waals surface area contributed by atoms with E-state index in [9.17, 15) is 4.79 Å². The highest BCUT2D eigenvalue weighted by atomic mass is 35.5. The molecule has 0 heterocycles. The van der Waals surface area contributed by atoms with Crippen LogP contribution in [0.4, 0.5) is 0 Å². The van der Waals surface area contributed by atoms with Gasteiger partial charge in [-0.15, -0.1) is 0 Å². The maximum atomic E-state index is 11.2. The summed E-state index contributed by atoms with van der Waals surface area (Å²) < 4.78 is 9.97. The lowest BCUT2D eigenvalue weighted by Crippen LogP contribution is -2.23. The average Bonchev–Trinajstić information content (AvgIpc) is 2.21. The smallest absolute Gasteiger partial charge is 0.363 e. The van der Waals surface area contributed by atoms with Gasteiger partial charge in [0, 0.05) is 0 Å². The number of aryl methyl sites for hydroxylation is 1. The SMILES string of the molecule is CCOC(=O)C(Cl)Oc1ccccc1C. The van der Waals surface area contributed by atoms with Gasteiger partial charge in [0.2, 0.25) is 0 Å². The van der Waals surface area contributed by atoms with Crippen LogP contribution in [0.3, 0.4) is 0 Å². The minimum absolute atomic E-state index is 0.291. The summed E-state index contributed by atoms with van der Waals surface area (Å²) >= 11 is 5.72. The fourth-order valence-electron chi connectivity index (χ4n) is 1.06. The van der Waals surface area contributed by atoms with Gasteiger partial charge in [0.05, 0.1) is 6.61 Å². The zero-order valence-corrected chi connectivity index (χ0v) is 9.45. The van der Waals surface area contributed by atoms with E-state index in [-0.39, 0.29) is 0 Å². The molecule has 0 bridgehead atoms. The molecule has 15 heavy (non-hydrogen) atoms. The molecule has 0 aromatic heterocycles. The maximum absolute atomic E-state index is 11.2. The number of ether oxygens (including phenoxy) is 2. The van der Waals surface area contributed by atoms with Crippen molar-refractivity contribution in [3.63, 3.8) is 0 Å². The summed E-state index contributed by atoms with van der Waals surface area (Å²) in [5.41, 5.74) is -0.168. The lowest BCUT2D eigenvalue weighted by Gasteiger charge is -2.12. The van der Waals surface area contributed by atoms with Crippen LogP contribution in [0, 0.1) is 6.92 Å². The molecule has 0 spiro atoms. The van der Waals surface area contributed by atoms with E-state index >= 15 is 0 Å². The van der Waals surface area contributed by atoms with Crippen LogP contribution < -0.4 is 4.74 Å². The van der Waals surface area contributed by atoms with Gasteiger partial charge in [0.15, 0.2) is 0 Å². The Kier molecular flexibility index (Phi) is 4.43. The van der Waals surface area contributed by atoms with E-state index in [4.69, 9.17) is 21.1 Å². The van der Waals surface area contributed by atoms with Crippen LogP contribution in [-0.4, -0.2) is 18.1 Å². The Morgan fingerprint density at radius 1 is 1.47 bits per heavy atom. The van der Waals surface area contributed by atoms with Crippen LogP contribution in [0.1, 0.15) is 12.5 Å². The van der Waals surface area contributed by atoms with Gasteiger partial charge in [-0.25, -0.2) is 4.79 Å². The Labute approximate surface area is 93.9 Å². The van der Waals surface area contributed by atoms with Crippen molar-refractivity contribution < 1.29 is 14.3 Å². The van der Waals surface area contributed by atoms with Crippen LogP contribution in [0.2, 0.25) is 0 Å². The number of halogens is 1. The molecule has 3 nitrogen and oxygen atoms in total. The summed E-state index contributed by atoms with van der Waals surface area (Å²) in [6, 6.07) is 7.33. The Morgan fingerprint density at radius 2 is 2.13 bits per heavy atom. The molecular formula is C11H13ClO3. The number of hydrogen-bond acceptors (Lipinski definition) is 3. The Bertz CT molecular complexity index is 338. The van der Waals surface area contributed by atoms with Crippen LogP contribution in [0.5, 0.6) is 5.75 Å². The molecule has 0 radical (unpaired) electrons. The molecule has 82 valence electrons. The fraction of sp³-hybridized carbons (Fsp3) is 0.364. The average molecular weight is 229 g/mol. The summed E-state index contributed by atoms with van der Waals surface area (Å²) in [5, 5.41) is 0. The van der Waals surface area contributed by atoms with Gasteiger partial charge in [-0.1, -0.05) is 29.8 Å². The molecule has 0 N–H and O–H groups in total. The van der Waals surface area contributed by atoms with Gasteiger partial charge >= 0.3 is 5.97 Å². The van der Waals surface area contributed by atoms with Gasteiger partial charge in [0.25, 0.3) is 5.56 Å². The number of hydrogen-bond donors (Lipinski definition) is 0. The molecular weight excluding hydrogens is 216 g/mol. The number of benzene rings is 1. The molecule has 0 amide bonds. The highest BCUT2D eigenvalue weighted by Gasteiger charge is 2.18. The second-order valence-electron chi connectivity index (χ2n) is 2.95. The zero-order valence-electron chi connectivity index (χ0n) is 8.70. The highest BCUT2D eigenvalue weighted by molar-refractivity contribution is 6.28. The van der Waals surface area contributed by atoms with Crippen LogP contribution in [0.15, 0.2) is 24.3 Å². The number of carbonyl (C=O) groups is 1. The number of rotatable bonds is 4. The van der Waals surface area contributed by atoms with Crippen molar-refractivity contribution in [2.45, 2.75) is 19.4 Å².